The van der Waals surface area contributed by atoms with E-state index in [1.54, 1.807) is 0 Å². The van der Waals surface area contributed by atoms with Crippen molar-refractivity contribution in [2.75, 3.05) is 0 Å². The van der Waals surface area contributed by atoms with E-state index in [1.165, 1.54) is 43.4 Å². The van der Waals surface area contributed by atoms with Gasteiger partial charge in [-0.3, -0.25) is 0 Å². The molecule has 0 radical (unpaired) electrons. The topological polar surface area (TPSA) is 0 Å². The molecule has 0 spiro atoms. The Morgan fingerprint density at radius 3 is 1.44 bits per heavy atom. The van der Waals surface area contributed by atoms with Gasteiger partial charge in [0, 0.05) is 0 Å². The molecule has 0 heterocycles. The first-order valence-electron chi connectivity index (χ1n) is 11.2. The van der Waals surface area contributed by atoms with Gasteiger partial charge in [0.05, 0.1) is 6.16 Å². The SMILES string of the molecule is Cc1cccc2c(C[P+](c3ccccc3)(c3ccccc3)c3ccccc3)ccc(C)c12. The number of rotatable bonds is 5. The molecule has 5 rings (SSSR count). The van der Waals surface area contributed by atoms with Crippen LogP contribution in [-0.4, -0.2) is 0 Å². The molecule has 0 aromatic heterocycles. The standard InChI is InChI=1S/C31H28P/c1-24-13-12-20-30-26(22-21-25(2)31(24)30)23-32(27-14-6-3-7-15-27,28-16-8-4-9-17-28)29-18-10-5-11-19-29/h3-22H,23H2,1-2H3/q+1. The van der Waals surface area contributed by atoms with Crippen molar-refractivity contribution < 1.29 is 0 Å². The summed E-state index contributed by atoms with van der Waals surface area (Å²) < 4.78 is 0. The summed E-state index contributed by atoms with van der Waals surface area (Å²) in [6.45, 7) is 4.46. The third-order valence-corrected chi connectivity index (χ3v) is 10.9. The summed E-state index contributed by atoms with van der Waals surface area (Å²) in [6, 6.07) is 44.9. The van der Waals surface area contributed by atoms with Crippen molar-refractivity contribution >= 4 is 33.9 Å². The van der Waals surface area contributed by atoms with Gasteiger partial charge in [-0.15, -0.1) is 0 Å². The van der Waals surface area contributed by atoms with Crippen molar-refractivity contribution in [1.29, 1.82) is 0 Å². The van der Waals surface area contributed by atoms with Gasteiger partial charge in [-0.05, 0) is 77.7 Å². The summed E-state index contributed by atoms with van der Waals surface area (Å²) in [5.41, 5.74) is 4.13. The lowest BCUT2D eigenvalue weighted by Gasteiger charge is -2.28. The number of aryl methyl sites for hydroxylation is 2. The highest BCUT2D eigenvalue weighted by atomic mass is 31.2. The van der Waals surface area contributed by atoms with Crippen LogP contribution in [0.4, 0.5) is 0 Å². The van der Waals surface area contributed by atoms with Crippen molar-refractivity contribution in [3.63, 3.8) is 0 Å². The van der Waals surface area contributed by atoms with Crippen LogP contribution in [0.25, 0.3) is 10.8 Å². The van der Waals surface area contributed by atoms with Crippen molar-refractivity contribution in [3.8, 4) is 0 Å². The Morgan fingerprint density at radius 1 is 0.469 bits per heavy atom. The van der Waals surface area contributed by atoms with E-state index >= 15 is 0 Å². The highest BCUT2D eigenvalue weighted by molar-refractivity contribution is 7.95. The van der Waals surface area contributed by atoms with Gasteiger partial charge in [0.15, 0.2) is 0 Å². The van der Waals surface area contributed by atoms with Crippen molar-refractivity contribution in [2.24, 2.45) is 0 Å². The fraction of sp³-hybridized carbons (Fsp3) is 0.0968. The molecule has 0 saturated heterocycles. The Kier molecular flexibility index (Phi) is 5.64. The lowest BCUT2D eigenvalue weighted by atomic mass is 9.97. The zero-order chi connectivity index (χ0) is 22.0. The Morgan fingerprint density at radius 2 is 0.938 bits per heavy atom. The van der Waals surface area contributed by atoms with E-state index < -0.39 is 7.26 Å². The smallest absolute Gasteiger partial charge is 0.0620 e. The maximum absolute atomic E-state index is 2.36. The second-order valence-corrected chi connectivity index (χ2v) is 12.0. The summed E-state index contributed by atoms with van der Waals surface area (Å²) in [5, 5.41) is 7.07. The van der Waals surface area contributed by atoms with E-state index in [1.807, 2.05) is 0 Å². The first kappa shape index (κ1) is 20.7. The monoisotopic (exact) mass is 431 g/mol. The van der Waals surface area contributed by atoms with Gasteiger partial charge in [0.2, 0.25) is 0 Å². The molecular weight excluding hydrogens is 403 g/mol. The molecule has 0 aliphatic rings. The number of fused-ring (bicyclic) bond motifs is 1. The quantitative estimate of drug-likeness (QED) is 0.264. The molecule has 0 aliphatic carbocycles. The molecule has 32 heavy (non-hydrogen) atoms. The highest BCUT2D eigenvalue weighted by Gasteiger charge is 2.45. The van der Waals surface area contributed by atoms with Gasteiger partial charge in [0.25, 0.3) is 0 Å². The zero-order valence-electron chi connectivity index (χ0n) is 18.7. The van der Waals surface area contributed by atoms with Gasteiger partial charge in [-0.25, -0.2) is 0 Å². The predicted molar refractivity (Wildman–Crippen MR) is 142 cm³/mol. The average molecular weight is 432 g/mol. The molecule has 0 atom stereocenters. The molecule has 1 heteroatoms. The average Bonchev–Trinajstić information content (AvgIpc) is 2.85. The van der Waals surface area contributed by atoms with Gasteiger partial charge in [-0.2, -0.15) is 0 Å². The molecule has 0 N–H and O–H groups in total. The van der Waals surface area contributed by atoms with Crippen LogP contribution in [0.15, 0.2) is 121 Å². The minimum Gasteiger partial charge on any atom is -0.0620 e. The van der Waals surface area contributed by atoms with Gasteiger partial charge >= 0.3 is 0 Å². The molecule has 0 bridgehead atoms. The van der Waals surface area contributed by atoms with Crippen molar-refractivity contribution in [2.45, 2.75) is 20.0 Å². The second-order valence-electron chi connectivity index (χ2n) is 8.51. The molecule has 156 valence electrons. The van der Waals surface area contributed by atoms with E-state index in [-0.39, 0.29) is 0 Å². The molecule has 0 aliphatic heterocycles. The number of hydrogen-bond donors (Lipinski definition) is 0. The van der Waals surface area contributed by atoms with E-state index in [4.69, 9.17) is 0 Å². The fourth-order valence-electron chi connectivity index (χ4n) is 5.02. The van der Waals surface area contributed by atoms with Crippen LogP contribution in [0.1, 0.15) is 16.7 Å². The van der Waals surface area contributed by atoms with Crippen molar-refractivity contribution in [3.05, 3.63) is 138 Å². The van der Waals surface area contributed by atoms with Crippen LogP contribution in [0.3, 0.4) is 0 Å². The van der Waals surface area contributed by atoms with Crippen LogP contribution >= 0.6 is 7.26 Å². The van der Waals surface area contributed by atoms with E-state index in [9.17, 15) is 0 Å². The first-order chi connectivity index (χ1) is 15.7. The predicted octanol–water partition coefficient (Wildman–Crippen LogP) is 6.95. The van der Waals surface area contributed by atoms with E-state index in [2.05, 4.69) is 135 Å². The molecule has 0 nitrogen and oxygen atoms in total. The van der Waals surface area contributed by atoms with Gasteiger partial charge in [0.1, 0.15) is 23.2 Å². The Labute approximate surface area is 191 Å². The van der Waals surface area contributed by atoms with Crippen LogP contribution in [-0.2, 0) is 6.16 Å². The Balaban J connectivity index is 1.83. The Hall–Kier alpha value is -3.21. The third kappa shape index (κ3) is 3.56. The van der Waals surface area contributed by atoms with E-state index in [0.717, 1.165) is 6.16 Å². The largest absolute Gasteiger partial charge is 0.116 e. The lowest BCUT2D eigenvalue weighted by Crippen LogP contribution is -2.32. The number of benzene rings is 5. The van der Waals surface area contributed by atoms with Crippen LogP contribution in [0.5, 0.6) is 0 Å². The highest BCUT2D eigenvalue weighted by Crippen LogP contribution is 2.58. The molecule has 5 aromatic carbocycles. The van der Waals surface area contributed by atoms with Crippen LogP contribution < -0.4 is 15.9 Å². The van der Waals surface area contributed by atoms with Crippen LogP contribution in [0.2, 0.25) is 0 Å². The molecule has 0 amide bonds. The molecular formula is C31H28P+. The van der Waals surface area contributed by atoms with Gasteiger partial charge < -0.3 is 0 Å². The maximum atomic E-state index is 2.36. The molecule has 0 unspecified atom stereocenters. The molecule has 0 fully saturated rings. The van der Waals surface area contributed by atoms with E-state index in [0.29, 0.717) is 0 Å². The summed E-state index contributed by atoms with van der Waals surface area (Å²) in [7, 11) is -1.91. The Bertz CT molecular complexity index is 1230. The molecule has 5 aromatic rings. The third-order valence-electron chi connectivity index (χ3n) is 6.55. The first-order valence-corrected chi connectivity index (χ1v) is 13.2. The van der Waals surface area contributed by atoms with Crippen LogP contribution in [0, 0.1) is 13.8 Å². The zero-order valence-corrected chi connectivity index (χ0v) is 19.6. The summed E-state index contributed by atoms with van der Waals surface area (Å²) in [6.07, 6.45) is 1.01. The van der Waals surface area contributed by atoms with Crippen molar-refractivity contribution in [1.82, 2.24) is 0 Å². The lowest BCUT2D eigenvalue weighted by molar-refractivity contribution is 1.38. The normalized spacial score (nSPS) is 11.6. The maximum Gasteiger partial charge on any atom is 0.116 e. The second kappa shape index (κ2) is 8.73. The summed E-state index contributed by atoms with van der Waals surface area (Å²) >= 11 is 0. The number of hydrogen-bond acceptors (Lipinski definition) is 0. The minimum absolute atomic E-state index is 1.01. The summed E-state index contributed by atoms with van der Waals surface area (Å²) in [4.78, 5) is 0. The van der Waals surface area contributed by atoms with Gasteiger partial charge in [-0.1, -0.05) is 84.9 Å². The minimum atomic E-state index is -1.91. The molecule has 0 saturated carbocycles. The summed E-state index contributed by atoms with van der Waals surface area (Å²) in [5.74, 6) is 0. The fourth-order valence-corrected chi connectivity index (χ4v) is 9.29.